The maximum absolute atomic E-state index is 14.4. The predicted octanol–water partition coefficient (Wildman–Crippen LogP) is 1.69. The van der Waals surface area contributed by atoms with E-state index in [-0.39, 0.29) is 11.7 Å². The molecule has 21 heavy (non-hydrogen) atoms. The number of aromatic nitrogens is 5. The molecule has 0 saturated carbocycles. The lowest BCUT2D eigenvalue weighted by Gasteiger charge is -2.33. The fourth-order valence-corrected chi connectivity index (χ4v) is 2.90. The van der Waals surface area contributed by atoms with Crippen LogP contribution in [0.1, 0.15) is 37.2 Å². The number of piperidine rings is 1. The van der Waals surface area contributed by atoms with Gasteiger partial charge in [0.05, 0.1) is 5.69 Å². The quantitative estimate of drug-likeness (QED) is 0.861. The lowest BCUT2D eigenvalue weighted by molar-refractivity contribution is 0.468. The van der Waals surface area contributed by atoms with Gasteiger partial charge in [-0.1, -0.05) is 6.92 Å². The molecule has 1 atom stereocenters. The molecule has 1 aliphatic heterocycles. The monoisotopic (exact) mass is 290 g/mol. The second kappa shape index (κ2) is 5.75. The molecule has 0 amide bonds. The fraction of sp³-hybridized carbons (Fsp3) is 0.571. The third kappa shape index (κ3) is 2.59. The number of nitrogens with zero attached hydrogens (tertiary/aromatic N) is 6. The van der Waals surface area contributed by atoms with Gasteiger partial charge in [-0.25, -0.2) is 14.4 Å². The summed E-state index contributed by atoms with van der Waals surface area (Å²) in [7, 11) is 1.94. The number of anilines is 1. The van der Waals surface area contributed by atoms with E-state index in [1.807, 2.05) is 23.4 Å². The minimum Gasteiger partial charge on any atom is -0.353 e. The van der Waals surface area contributed by atoms with Crippen LogP contribution in [-0.4, -0.2) is 37.8 Å². The molecule has 1 unspecified atom stereocenters. The minimum absolute atomic E-state index is 0.255. The predicted molar refractivity (Wildman–Crippen MR) is 76.6 cm³/mol. The van der Waals surface area contributed by atoms with Crippen LogP contribution >= 0.6 is 0 Å². The van der Waals surface area contributed by atoms with Crippen LogP contribution in [0.3, 0.4) is 0 Å². The number of rotatable bonds is 3. The Hall–Kier alpha value is -2.05. The molecule has 2 aromatic heterocycles. The Labute approximate surface area is 123 Å². The zero-order valence-electron chi connectivity index (χ0n) is 12.3. The molecule has 1 fully saturated rings. The van der Waals surface area contributed by atoms with E-state index in [0.717, 1.165) is 25.2 Å². The highest BCUT2D eigenvalue weighted by atomic mass is 19.1. The Balaban J connectivity index is 1.85. The summed E-state index contributed by atoms with van der Waals surface area (Å²) in [6, 6.07) is 0. The fourth-order valence-electron chi connectivity index (χ4n) is 2.90. The minimum atomic E-state index is -0.293. The average molecular weight is 290 g/mol. The molecular weight excluding hydrogens is 271 g/mol. The first-order chi connectivity index (χ1) is 10.2. The highest BCUT2D eigenvalue weighted by Gasteiger charge is 2.27. The molecule has 0 radical (unpaired) electrons. The summed E-state index contributed by atoms with van der Waals surface area (Å²) < 4.78 is 16.3. The van der Waals surface area contributed by atoms with E-state index in [4.69, 9.17) is 0 Å². The van der Waals surface area contributed by atoms with E-state index < -0.39 is 0 Å². The highest BCUT2D eigenvalue weighted by molar-refractivity contribution is 5.42. The third-order valence-electron chi connectivity index (χ3n) is 4.01. The summed E-state index contributed by atoms with van der Waals surface area (Å²) in [5.41, 5.74) is 0.473. The SMILES string of the molecule is CCc1ncnc(N2CCCC(c3nncn3C)C2)c1F. The van der Waals surface area contributed by atoms with E-state index in [0.29, 0.717) is 24.5 Å². The van der Waals surface area contributed by atoms with Gasteiger partial charge in [0.15, 0.2) is 11.6 Å². The Morgan fingerprint density at radius 1 is 1.38 bits per heavy atom. The van der Waals surface area contributed by atoms with Crippen molar-refractivity contribution in [3.05, 3.63) is 30.0 Å². The lowest BCUT2D eigenvalue weighted by Crippen LogP contribution is -2.36. The van der Waals surface area contributed by atoms with E-state index >= 15 is 0 Å². The van der Waals surface area contributed by atoms with Gasteiger partial charge in [0.2, 0.25) is 0 Å². The van der Waals surface area contributed by atoms with Gasteiger partial charge in [-0.3, -0.25) is 0 Å². The highest BCUT2D eigenvalue weighted by Crippen LogP contribution is 2.29. The molecule has 6 nitrogen and oxygen atoms in total. The van der Waals surface area contributed by atoms with Crippen molar-refractivity contribution in [3.63, 3.8) is 0 Å². The van der Waals surface area contributed by atoms with Crippen molar-refractivity contribution in [1.82, 2.24) is 24.7 Å². The maximum Gasteiger partial charge on any atom is 0.187 e. The average Bonchev–Trinajstić information content (AvgIpc) is 2.94. The summed E-state index contributed by atoms with van der Waals surface area (Å²) in [5, 5.41) is 8.12. The second-order valence-electron chi connectivity index (χ2n) is 5.40. The summed E-state index contributed by atoms with van der Waals surface area (Å²) >= 11 is 0. The van der Waals surface area contributed by atoms with E-state index in [1.165, 1.54) is 6.33 Å². The van der Waals surface area contributed by atoms with Gasteiger partial charge in [0.25, 0.3) is 0 Å². The van der Waals surface area contributed by atoms with Gasteiger partial charge in [-0.15, -0.1) is 10.2 Å². The van der Waals surface area contributed by atoms with Gasteiger partial charge >= 0.3 is 0 Å². The van der Waals surface area contributed by atoms with Crippen molar-refractivity contribution in [2.75, 3.05) is 18.0 Å². The molecule has 112 valence electrons. The Bertz CT molecular complexity index is 626. The number of halogens is 1. The van der Waals surface area contributed by atoms with Crippen molar-refractivity contribution in [2.45, 2.75) is 32.1 Å². The van der Waals surface area contributed by atoms with Crippen LogP contribution in [0.25, 0.3) is 0 Å². The molecule has 3 rings (SSSR count). The molecule has 0 N–H and O–H groups in total. The first-order valence-electron chi connectivity index (χ1n) is 7.29. The topological polar surface area (TPSA) is 59.7 Å². The van der Waals surface area contributed by atoms with Gasteiger partial charge in [-0.05, 0) is 19.3 Å². The molecule has 0 bridgehead atoms. The smallest absolute Gasteiger partial charge is 0.187 e. The van der Waals surface area contributed by atoms with Gasteiger partial charge < -0.3 is 9.47 Å². The summed E-state index contributed by atoms with van der Waals surface area (Å²) in [5.74, 6) is 1.32. The van der Waals surface area contributed by atoms with Gasteiger partial charge in [0.1, 0.15) is 18.5 Å². The van der Waals surface area contributed by atoms with Crippen LogP contribution in [0.15, 0.2) is 12.7 Å². The third-order valence-corrected chi connectivity index (χ3v) is 4.01. The molecule has 0 aliphatic carbocycles. The van der Waals surface area contributed by atoms with Crippen molar-refractivity contribution in [3.8, 4) is 0 Å². The normalized spacial score (nSPS) is 19.0. The zero-order valence-corrected chi connectivity index (χ0v) is 12.3. The zero-order chi connectivity index (χ0) is 14.8. The first kappa shape index (κ1) is 13.9. The summed E-state index contributed by atoms with van der Waals surface area (Å²) in [6.45, 7) is 3.42. The van der Waals surface area contributed by atoms with Crippen LogP contribution in [-0.2, 0) is 13.5 Å². The molecular formula is C14H19FN6. The van der Waals surface area contributed by atoms with Crippen LogP contribution in [0.2, 0.25) is 0 Å². The van der Waals surface area contributed by atoms with E-state index in [2.05, 4.69) is 20.2 Å². The van der Waals surface area contributed by atoms with Crippen molar-refractivity contribution in [1.29, 1.82) is 0 Å². The van der Waals surface area contributed by atoms with E-state index in [9.17, 15) is 4.39 Å². The van der Waals surface area contributed by atoms with Crippen molar-refractivity contribution < 1.29 is 4.39 Å². The van der Waals surface area contributed by atoms with Gasteiger partial charge in [-0.2, -0.15) is 0 Å². The largest absolute Gasteiger partial charge is 0.353 e. The molecule has 7 heteroatoms. The van der Waals surface area contributed by atoms with Crippen molar-refractivity contribution in [2.24, 2.45) is 7.05 Å². The lowest BCUT2D eigenvalue weighted by atomic mass is 9.97. The van der Waals surface area contributed by atoms with Crippen LogP contribution in [0.4, 0.5) is 10.2 Å². The van der Waals surface area contributed by atoms with Crippen LogP contribution < -0.4 is 4.90 Å². The molecule has 0 aromatic carbocycles. The number of hydrogen-bond donors (Lipinski definition) is 0. The molecule has 1 saturated heterocycles. The number of hydrogen-bond acceptors (Lipinski definition) is 5. The molecule has 0 spiro atoms. The summed E-state index contributed by atoms with van der Waals surface area (Å²) in [6.07, 6.45) is 5.75. The van der Waals surface area contributed by atoms with Crippen molar-refractivity contribution >= 4 is 5.82 Å². The molecule has 2 aromatic rings. The Kier molecular flexibility index (Phi) is 3.81. The standard InChI is InChI=1S/C14H19FN6/c1-3-11-12(15)14(17-8-16-11)21-6-4-5-10(7-21)13-19-18-9-20(13)2/h8-10H,3-7H2,1-2H3. The van der Waals surface area contributed by atoms with Crippen LogP contribution in [0.5, 0.6) is 0 Å². The van der Waals surface area contributed by atoms with Gasteiger partial charge in [0, 0.05) is 26.1 Å². The second-order valence-corrected chi connectivity index (χ2v) is 5.40. The van der Waals surface area contributed by atoms with E-state index in [1.54, 1.807) is 6.33 Å². The Morgan fingerprint density at radius 2 is 2.24 bits per heavy atom. The van der Waals surface area contributed by atoms with Crippen LogP contribution in [0, 0.1) is 5.82 Å². The maximum atomic E-state index is 14.4. The molecule has 1 aliphatic rings. The molecule has 3 heterocycles. The number of aryl methyl sites for hydroxylation is 2. The first-order valence-corrected chi connectivity index (χ1v) is 7.29. The Morgan fingerprint density at radius 3 is 2.95 bits per heavy atom. The summed E-state index contributed by atoms with van der Waals surface area (Å²) in [4.78, 5) is 10.1.